The van der Waals surface area contributed by atoms with Gasteiger partial charge in [-0.1, -0.05) is 65.1 Å². The van der Waals surface area contributed by atoms with Gasteiger partial charge in [-0.05, 0) is 32.0 Å². The number of carbonyl (C=O) groups is 1. The average molecular weight is 446 g/mol. The summed E-state index contributed by atoms with van der Waals surface area (Å²) in [6.45, 7) is 3.88. The van der Waals surface area contributed by atoms with E-state index in [9.17, 15) is 4.79 Å². The lowest BCUT2D eigenvalue weighted by atomic mass is 10.1. The number of amides is 1. The first-order valence-electron chi connectivity index (χ1n) is 9.56. The molecule has 0 fully saturated rings. The Morgan fingerprint density at radius 2 is 2.00 bits per heavy atom. The number of thiazole rings is 1. The lowest BCUT2D eigenvalue weighted by molar-refractivity contribution is 0.102. The highest BCUT2D eigenvalue weighted by atomic mass is 32.2. The quantitative estimate of drug-likeness (QED) is 0.397. The summed E-state index contributed by atoms with van der Waals surface area (Å²) in [5, 5.41) is 16.9. The molecule has 0 radical (unpaired) electrons. The fourth-order valence-electron chi connectivity index (χ4n) is 3.09. The van der Waals surface area contributed by atoms with Gasteiger partial charge >= 0.3 is 0 Å². The van der Waals surface area contributed by atoms with Crippen molar-refractivity contribution in [3.63, 3.8) is 0 Å². The van der Waals surface area contributed by atoms with E-state index in [1.807, 2.05) is 68.4 Å². The first kappa shape index (κ1) is 20.8. The predicted octanol–water partition coefficient (Wildman–Crippen LogP) is 5.48. The number of aromatic nitrogens is 3. The SMILES string of the molecule is Cc1cccc(-c2nn(-c3ccccc3)cc2C(=O)Nc2nc(C)c(SCC#N)s2)c1. The normalized spacial score (nSPS) is 10.6. The maximum absolute atomic E-state index is 13.2. The van der Waals surface area contributed by atoms with Gasteiger partial charge in [0.25, 0.3) is 5.91 Å². The Balaban J connectivity index is 1.70. The molecule has 0 aliphatic carbocycles. The molecule has 0 bridgehead atoms. The van der Waals surface area contributed by atoms with Crippen LogP contribution in [0, 0.1) is 25.2 Å². The molecule has 0 aliphatic rings. The first-order valence-corrected chi connectivity index (χ1v) is 11.4. The molecule has 0 unspecified atom stereocenters. The Kier molecular flexibility index (Phi) is 6.16. The van der Waals surface area contributed by atoms with E-state index in [1.165, 1.54) is 23.1 Å². The zero-order valence-corrected chi connectivity index (χ0v) is 18.6. The van der Waals surface area contributed by atoms with Gasteiger partial charge in [-0.25, -0.2) is 9.67 Å². The van der Waals surface area contributed by atoms with Gasteiger partial charge in [0.05, 0.1) is 33.0 Å². The Morgan fingerprint density at radius 1 is 1.19 bits per heavy atom. The molecule has 31 heavy (non-hydrogen) atoms. The average Bonchev–Trinajstić information content (AvgIpc) is 3.37. The van der Waals surface area contributed by atoms with E-state index >= 15 is 0 Å². The van der Waals surface area contributed by atoms with E-state index in [-0.39, 0.29) is 5.91 Å². The van der Waals surface area contributed by atoms with Crippen molar-refractivity contribution in [3.05, 3.63) is 77.6 Å². The highest BCUT2D eigenvalue weighted by Gasteiger charge is 2.20. The van der Waals surface area contributed by atoms with E-state index < -0.39 is 0 Å². The van der Waals surface area contributed by atoms with Gasteiger partial charge in [0.2, 0.25) is 0 Å². The Labute approximate surface area is 188 Å². The fraction of sp³-hybridized carbons (Fsp3) is 0.130. The standard InChI is InChI=1S/C23H19N5OS2/c1-15-7-6-8-17(13-15)20-19(14-28(27-20)18-9-4-3-5-10-18)21(29)26-23-25-16(2)22(31-23)30-12-11-24/h3-10,13-14H,12H2,1-2H3,(H,25,26,29). The van der Waals surface area contributed by atoms with E-state index in [0.717, 1.165) is 26.7 Å². The van der Waals surface area contributed by atoms with Crippen LogP contribution in [0.25, 0.3) is 16.9 Å². The number of rotatable bonds is 6. The third-order valence-corrected chi connectivity index (χ3v) is 6.82. The number of anilines is 1. The molecule has 8 heteroatoms. The number of hydrogen-bond donors (Lipinski definition) is 1. The minimum absolute atomic E-state index is 0.274. The molecule has 4 aromatic rings. The van der Waals surface area contributed by atoms with Crippen molar-refractivity contribution in [2.75, 3.05) is 11.1 Å². The Bertz CT molecular complexity index is 1270. The van der Waals surface area contributed by atoms with Crippen LogP contribution in [0.1, 0.15) is 21.6 Å². The molecule has 1 amide bonds. The number of nitriles is 1. The number of hydrogen-bond acceptors (Lipinski definition) is 6. The van der Waals surface area contributed by atoms with Crippen molar-refractivity contribution in [1.82, 2.24) is 14.8 Å². The lowest BCUT2D eigenvalue weighted by Crippen LogP contribution is -2.12. The van der Waals surface area contributed by atoms with E-state index in [1.54, 1.807) is 10.9 Å². The minimum Gasteiger partial charge on any atom is -0.298 e. The van der Waals surface area contributed by atoms with Crippen LogP contribution in [-0.2, 0) is 0 Å². The van der Waals surface area contributed by atoms with Crippen molar-refractivity contribution < 1.29 is 4.79 Å². The van der Waals surface area contributed by atoms with Crippen LogP contribution < -0.4 is 5.32 Å². The summed E-state index contributed by atoms with van der Waals surface area (Å²) in [6, 6.07) is 19.7. The van der Waals surface area contributed by atoms with Crippen molar-refractivity contribution in [2.24, 2.45) is 0 Å². The van der Waals surface area contributed by atoms with Crippen LogP contribution in [0.15, 0.2) is 65.0 Å². The third-order valence-electron chi connectivity index (χ3n) is 4.51. The van der Waals surface area contributed by atoms with Gasteiger partial charge in [-0.3, -0.25) is 10.1 Å². The molecule has 0 aliphatic heterocycles. The van der Waals surface area contributed by atoms with Crippen molar-refractivity contribution >= 4 is 34.1 Å². The molecule has 2 aromatic heterocycles. The molecule has 0 atom stereocenters. The first-order chi connectivity index (χ1) is 15.0. The number of carbonyl (C=O) groups excluding carboxylic acids is 1. The number of nitrogens with one attached hydrogen (secondary N) is 1. The van der Waals surface area contributed by atoms with Crippen LogP contribution >= 0.6 is 23.1 Å². The molecule has 2 heterocycles. The van der Waals surface area contributed by atoms with Crippen LogP contribution in [0.2, 0.25) is 0 Å². The second-order valence-corrected chi connectivity index (χ2v) is 9.08. The van der Waals surface area contributed by atoms with Crippen LogP contribution in [0.3, 0.4) is 0 Å². The van der Waals surface area contributed by atoms with E-state index in [0.29, 0.717) is 22.1 Å². The maximum atomic E-state index is 13.2. The van der Waals surface area contributed by atoms with E-state index in [4.69, 9.17) is 10.4 Å². The van der Waals surface area contributed by atoms with Gasteiger partial charge in [-0.2, -0.15) is 10.4 Å². The highest BCUT2D eigenvalue weighted by Crippen LogP contribution is 2.32. The summed E-state index contributed by atoms with van der Waals surface area (Å²) in [5.74, 6) is 0.0712. The summed E-state index contributed by atoms with van der Waals surface area (Å²) in [7, 11) is 0. The van der Waals surface area contributed by atoms with Gasteiger partial charge in [-0.15, -0.1) is 0 Å². The summed E-state index contributed by atoms with van der Waals surface area (Å²) in [5.41, 5.74) is 4.72. The number of benzene rings is 2. The second-order valence-electron chi connectivity index (χ2n) is 6.83. The molecule has 0 saturated heterocycles. The number of nitrogens with zero attached hydrogens (tertiary/aromatic N) is 4. The Hall–Kier alpha value is -3.41. The molecule has 1 N–H and O–H groups in total. The minimum atomic E-state index is -0.274. The molecular formula is C23H19N5OS2. The second kappa shape index (κ2) is 9.16. The van der Waals surface area contributed by atoms with Crippen LogP contribution in [-0.4, -0.2) is 26.4 Å². The maximum Gasteiger partial charge on any atom is 0.261 e. The summed E-state index contributed by atoms with van der Waals surface area (Å²) < 4.78 is 2.64. The summed E-state index contributed by atoms with van der Waals surface area (Å²) in [4.78, 5) is 17.7. The molecular weight excluding hydrogens is 426 g/mol. The Morgan fingerprint density at radius 3 is 2.74 bits per heavy atom. The summed E-state index contributed by atoms with van der Waals surface area (Å²) in [6.07, 6.45) is 1.74. The summed E-state index contributed by atoms with van der Waals surface area (Å²) >= 11 is 2.79. The zero-order valence-electron chi connectivity index (χ0n) is 17.0. The molecule has 154 valence electrons. The van der Waals surface area contributed by atoms with Crippen LogP contribution in [0.5, 0.6) is 0 Å². The lowest BCUT2D eigenvalue weighted by Gasteiger charge is -2.03. The predicted molar refractivity (Wildman–Crippen MR) is 125 cm³/mol. The van der Waals surface area contributed by atoms with Gasteiger partial charge in [0.15, 0.2) is 5.13 Å². The van der Waals surface area contributed by atoms with E-state index in [2.05, 4.69) is 16.4 Å². The molecule has 6 nitrogen and oxygen atoms in total. The van der Waals surface area contributed by atoms with Gasteiger partial charge in [0, 0.05) is 11.8 Å². The topological polar surface area (TPSA) is 83.6 Å². The van der Waals surface area contributed by atoms with Crippen molar-refractivity contribution in [1.29, 1.82) is 5.26 Å². The molecule has 0 saturated carbocycles. The molecule has 4 rings (SSSR count). The monoisotopic (exact) mass is 445 g/mol. The van der Waals surface area contributed by atoms with Crippen molar-refractivity contribution in [2.45, 2.75) is 18.1 Å². The van der Waals surface area contributed by atoms with Crippen LogP contribution in [0.4, 0.5) is 5.13 Å². The molecule has 2 aromatic carbocycles. The fourth-order valence-corrected chi connectivity index (χ4v) is 4.89. The molecule has 0 spiro atoms. The third kappa shape index (κ3) is 4.68. The van der Waals surface area contributed by atoms with Crippen molar-refractivity contribution in [3.8, 4) is 23.0 Å². The number of aryl methyl sites for hydroxylation is 2. The smallest absolute Gasteiger partial charge is 0.261 e. The van der Waals surface area contributed by atoms with Gasteiger partial charge in [0.1, 0.15) is 5.69 Å². The number of para-hydroxylation sites is 1. The highest BCUT2D eigenvalue weighted by molar-refractivity contribution is 8.01. The zero-order chi connectivity index (χ0) is 21.8. The van der Waals surface area contributed by atoms with Gasteiger partial charge < -0.3 is 0 Å². The number of thioether (sulfide) groups is 1. The largest absolute Gasteiger partial charge is 0.298 e.